The van der Waals surface area contributed by atoms with E-state index in [9.17, 15) is 0 Å². The Balaban J connectivity index is 2.59. The van der Waals surface area contributed by atoms with E-state index in [-0.39, 0.29) is 23.9 Å². The highest BCUT2D eigenvalue weighted by Gasteiger charge is 2.38. The molecule has 3 N–H and O–H groups in total. The summed E-state index contributed by atoms with van der Waals surface area (Å²) >= 11 is 0. The first-order valence-electron chi connectivity index (χ1n) is 5.53. The number of hydrogen-bond donors (Lipinski definition) is 2. The zero-order valence-corrected chi connectivity index (χ0v) is 10.3. The number of aliphatic hydroxyl groups excluding tert-OH is 1. The van der Waals surface area contributed by atoms with Gasteiger partial charge in [0, 0.05) is 25.7 Å². The molecule has 0 aromatic heterocycles. The maximum Gasteiger partial charge on any atom is 0.0760 e. The number of nitrogens with two attached hydrogens (primary N) is 1. The molecule has 1 atom stereocenters. The number of hydrogen-bond acceptors (Lipinski definition) is 4. The highest BCUT2D eigenvalue weighted by molar-refractivity contribution is 4.90. The Hall–Kier alpha value is -0.160. The second-order valence-corrected chi connectivity index (χ2v) is 5.73. The highest BCUT2D eigenvalue weighted by Crippen LogP contribution is 2.27. The molecule has 1 aliphatic heterocycles. The molecule has 15 heavy (non-hydrogen) atoms. The number of rotatable bonds is 3. The summed E-state index contributed by atoms with van der Waals surface area (Å²) < 4.78 is 5.96. The largest absolute Gasteiger partial charge is 0.395 e. The van der Waals surface area contributed by atoms with E-state index < -0.39 is 0 Å². The molecule has 0 aromatic rings. The Morgan fingerprint density at radius 1 is 1.27 bits per heavy atom. The van der Waals surface area contributed by atoms with E-state index in [0.29, 0.717) is 0 Å². The van der Waals surface area contributed by atoms with Gasteiger partial charge >= 0.3 is 0 Å². The van der Waals surface area contributed by atoms with E-state index in [4.69, 9.17) is 15.6 Å². The molecule has 1 fully saturated rings. The van der Waals surface area contributed by atoms with Gasteiger partial charge in [-0.1, -0.05) is 0 Å². The van der Waals surface area contributed by atoms with Gasteiger partial charge in [-0.05, 0) is 27.7 Å². The average molecular weight is 216 g/mol. The second kappa shape index (κ2) is 4.37. The quantitative estimate of drug-likeness (QED) is 0.707. The van der Waals surface area contributed by atoms with E-state index in [2.05, 4.69) is 32.6 Å². The van der Waals surface area contributed by atoms with Crippen molar-refractivity contribution in [1.29, 1.82) is 0 Å². The van der Waals surface area contributed by atoms with Gasteiger partial charge in [0.2, 0.25) is 0 Å². The molecule has 1 rings (SSSR count). The Morgan fingerprint density at radius 2 is 1.73 bits per heavy atom. The minimum absolute atomic E-state index is 0.0399. The van der Waals surface area contributed by atoms with Crippen molar-refractivity contribution in [1.82, 2.24) is 4.90 Å². The lowest BCUT2D eigenvalue weighted by molar-refractivity contribution is -0.181. The molecule has 1 heterocycles. The lowest BCUT2D eigenvalue weighted by atomic mass is 9.98. The van der Waals surface area contributed by atoms with Crippen LogP contribution in [-0.4, -0.2) is 53.5 Å². The molecule has 4 nitrogen and oxygen atoms in total. The van der Waals surface area contributed by atoms with Crippen LogP contribution in [0.3, 0.4) is 0 Å². The summed E-state index contributed by atoms with van der Waals surface area (Å²) in [6, 6.07) is -0.158. The average Bonchev–Trinajstić information content (AvgIpc) is 1.97. The van der Waals surface area contributed by atoms with Crippen molar-refractivity contribution in [2.75, 3.05) is 26.2 Å². The van der Waals surface area contributed by atoms with Gasteiger partial charge in [-0.3, -0.25) is 4.90 Å². The van der Waals surface area contributed by atoms with Crippen molar-refractivity contribution in [2.45, 2.75) is 44.9 Å². The van der Waals surface area contributed by atoms with Crippen LogP contribution in [0.2, 0.25) is 0 Å². The molecule has 1 unspecified atom stereocenters. The van der Waals surface area contributed by atoms with Crippen LogP contribution in [0.4, 0.5) is 0 Å². The van der Waals surface area contributed by atoms with Crippen LogP contribution in [0.1, 0.15) is 27.7 Å². The van der Waals surface area contributed by atoms with Crippen LogP contribution in [0.15, 0.2) is 0 Å². The monoisotopic (exact) mass is 216 g/mol. The van der Waals surface area contributed by atoms with Gasteiger partial charge in [-0.15, -0.1) is 0 Å². The molecule has 1 saturated heterocycles. The molecule has 0 aromatic carbocycles. The van der Waals surface area contributed by atoms with Gasteiger partial charge in [-0.2, -0.15) is 0 Å². The maximum atomic E-state index is 8.94. The summed E-state index contributed by atoms with van der Waals surface area (Å²) in [6.45, 7) is 10.9. The summed E-state index contributed by atoms with van der Waals surface area (Å²) in [6.07, 6.45) is 0. The van der Waals surface area contributed by atoms with Crippen molar-refractivity contribution in [3.05, 3.63) is 0 Å². The Morgan fingerprint density at radius 3 is 2.13 bits per heavy atom. The van der Waals surface area contributed by atoms with Crippen molar-refractivity contribution < 1.29 is 9.84 Å². The SMILES string of the molecule is CC1(C)CN(CC(N)CO)CC(C)(C)O1. The van der Waals surface area contributed by atoms with Crippen molar-refractivity contribution in [3.8, 4) is 0 Å². The van der Waals surface area contributed by atoms with E-state index in [1.54, 1.807) is 0 Å². The Bertz CT molecular complexity index is 201. The van der Waals surface area contributed by atoms with Crippen LogP contribution in [-0.2, 0) is 4.74 Å². The van der Waals surface area contributed by atoms with Gasteiger partial charge in [0.1, 0.15) is 0 Å². The lowest BCUT2D eigenvalue weighted by Gasteiger charge is -2.47. The zero-order chi connectivity index (χ0) is 11.7. The van der Waals surface area contributed by atoms with E-state index in [1.807, 2.05) is 0 Å². The summed E-state index contributed by atoms with van der Waals surface area (Å²) in [5, 5.41) is 8.94. The molecule has 4 heteroatoms. The first-order valence-corrected chi connectivity index (χ1v) is 5.53. The molecule has 0 aliphatic carbocycles. The zero-order valence-electron chi connectivity index (χ0n) is 10.3. The molecular weight excluding hydrogens is 192 g/mol. The standard InChI is InChI=1S/C11H24N2O2/c1-10(2)7-13(5-9(12)6-14)8-11(3,4)15-10/h9,14H,5-8,12H2,1-4H3. The predicted molar refractivity (Wildman–Crippen MR) is 60.7 cm³/mol. The predicted octanol–water partition coefficient (Wildman–Crippen LogP) is 0.195. The fourth-order valence-electron chi connectivity index (χ4n) is 2.46. The van der Waals surface area contributed by atoms with Gasteiger partial charge in [-0.25, -0.2) is 0 Å². The molecular formula is C11H24N2O2. The van der Waals surface area contributed by atoms with Gasteiger partial charge in [0.15, 0.2) is 0 Å². The van der Waals surface area contributed by atoms with Crippen LogP contribution < -0.4 is 5.73 Å². The fourth-order valence-corrected chi connectivity index (χ4v) is 2.46. The van der Waals surface area contributed by atoms with Crippen LogP contribution >= 0.6 is 0 Å². The smallest absolute Gasteiger partial charge is 0.0760 e. The minimum Gasteiger partial charge on any atom is -0.395 e. The highest BCUT2D eigenvalue weighted by atomic mass is 16.5. The molecule has 0 bridgehead atoms. The number of ether oxygens (including phenoxy) is 1. The maximum absolute atomic E-state index is 8.94. The third kappa shape index (κ3) is 4.07. The number of aliphatic hydroxyl groups is 1. The topological polar surface area (TPSA) is 58.7 Å². The van der Waals surface area contributed by atoms with Gasteiger partial charge < -0.3 is 15.6 Å². The Labute approximate surface area is 92.4 Å². The van der Waals surface area contributed by atoms with Crippen molar-refractivity contribution in [2.24, 2.45) is 5.73 Å². The van der Waals surface area contributed by atoms with E-state index in [0.717, 1.165) is 19.6 Å². The van der Waals surface area contributed by atoms with Crippen molar-refractivity contribution >= 4 is 0 Å². The van der Waals surface area contributed by atoms with Crippen LogP contribution in [0.25, 0.3) is 0 Å². The van der Waals surface area contributed by atoms with E-state index in [1.165, 1.54) is 0 Å². The van der Waals surface area contributed by atoms with Crippen LogP contribution in [0, 0.1) is 0 Å². The van der Waals surface area contributed by atoms with Crippen molar-refractivity contribution in [3.63, 3.8) is 0 Å². The second-order valence-electron chi connectivity index (χ2n) is 5.73. The molecule has 1 aliphatic rings. The molecule has 0 amide bonds. The third-order valence-corrected chi connectivity index (χ3v) is 2.49. The Kier molecular flexibility index (Phi) is 3.76. The summed E-state index contributed by atoms with van der Waals surface area (Å²) in [7, 11) is 0. The first-order chi connectivity index (χ1) is 6.74. The summed E-state index contributed by atoms with van der Waals surface area (Å²) in [5.41, 5.74) is 5.46. The third-order valence-electron chi connectivity index (χ3n) is 2.49. The number of nitrogens with zero attached hydrogens (tertiary/aromatic N) is 1. The molecule has 0 saturated carbocycles. The summed E-state index contributed by atoms with van der Waals surface area (Å²) in [5.74, 6) is 0. The normalized spacial score (nSPS) is 27.6. The summed E-state index contributed by atoms with van der Waals surface area (Å²) in [4.78, 5) is 2.27. The number of morpholine rings is 1. The van der Waals surface area contributed by atoms with Crippen LogP contribution in [0.5, 0.6) is 0 Å². The fraction of sp³-hybridized carbons (Fsp3) is 1.00. The molecule has 90 valence electrons. The molecule has 0 radical (unpaired) electrons. The van der Waals surface area contributed by atoms with E-state index >= 15 is 0 Å². The van der Waals surface area contributed by atoms with Gasteiger partial charge in [0.05, 0.1) is 17.8 Å². The minimum atomic E-state index is -0.158. The molecule has 0 spiro atoms. The first kappa shape index (κ1) is 12.9. The van der Waals surface area contributed by atoms with Gasteiger partial charge in [0.25, 0.3) is 0 Å². The lowest BCUT2D eigenvalue weighted by Crippen LogP contribution is -2.59.